The van der Waals surface area contributed by atoms with E-state index in [-0.39, 0.29) is 5.41 Å². The minimum absolute atomic E-state index is 0.350. The normalized spacial score (nSPS) is 12.8. The molecule has 0 spiro atoms. The maximum Gasteiger partial charge on any atom is 0.321 e. The van der Waals surface area contributed by atoms with Gasteiger partial charge >= 0.3 is 5.97 Å². The molecule has 0 aliphatic heterocycles. The Morgan fingerprint density at radius 2 is 1.87 bits per heavy atom. The molecule has 4 aromatic rings. The van der Waals surface area contributed by atoms with Crippen LogP contribution in [0.25, 0.3) is 22.2 Å². The van der Waals surface area contributed by atoms with Crippen molar-refractivity contribution in [2.24, 2.45) is 5.41 Å². The Balaban J connectivity index is 1.43. The van der Waals surface area contributed by atoms with E-state index in [1.165, 1.54) is 0 Å². The van der Waals surface area contributed by atoms with Crippen LogP contribution in [-0.2, 0) is 11.3 Å². The van der Waals surface area contributed by atoms with Gasteiger partial charge in [-0.15, -0.1) is 5.10 Å². The van der Waals surface area contributed by atoms with Crippen LogP contribution in [0.5, 0.6) is 0 Å². The molecule has 38 heavy (non-hydrogen) atoms. The third-order valence-corrected chi connectivity index (χ3v) is 6.50. The Morgan fingerprint density at radius 3 is 2.58 bits per heavy atom. The van der Waals surface area contributed by atoms with E-state index in [4.69, 9.17) is 4.98 Å². The number of fused-ring (bicyclic) bond motifs is 1. The molecule has 4 aromatic heterocycles. The number of carboxylic acid groups (broad SMARTS) is 1. The fourth-order valence-corrected chi connectivity index (χ4v) is 4.59. The third kappa shape index (κ3) is 6.49. The van der Waals surface area contributed by atoms with Crippen molar-refractivity contribution in [3.05, 3.63) is 54.6 Å². The monoisotopic (exact) mass is 516 g/mol. The van der Waals surface area contributed by atoms with Crippen molar-refractivity contribution in [2.75, 3.05) is 18.9 Å². The molecule has 10 nitrogen and oxygen atoms in total. The van der Waals surface area contributed by atoms with Gasteiger partial charge < -0.3 is 10.4 Å². The molecule has 2 N–H and O–H groups in total. The lowest BCUT2D eigenvalue weighted by Gasteiger charge is -2.34. The number of rotatable bonds is 10. The first-order chi connectivity index (χ1) is 18.0. The average Bonchev–Trinajstić information content (AvgIpc) is 3.31. The number of nitrogens with one attached hydrogen (secondary N) is 1. The molecule has 0 aliphatic carbocycles. The third-order valence-electron chi connectivity index (χ3n) is 6.50. The highest BCUT2D eigenvalue weighted by Gasteiger charge is 2.34. The fraction of sp³-hybridized carbons (Fsp3) is 0.429. The van der Waals surface area contributed by atoms with Crippen LogP contribution in [0, 0.1) is 5.41 Å². The summed E-state index contributed by atoms with van der Waals surface area (Å²) in [6.45, 7) is 11.4. The van der Waals surface area contributed by atoms with E-state index in [1.807, 2.05) is 80.3 Å². The lowest BCUT2D eigenvalue weighted by atomic mass is 9.86. The molecular weight excluding hydrogens is 480 g/mol. The van der Waals surface area contributed by atoms with Crippen LogP contribution in [0.3, 0.4) is 0 Å². The van der Waals surface area contributed by atoms with Gasteiger partial charge in [-0.3, -0.25) is 19.4 Å². The maximum atomic E-state index is 11.7. The molecule has 0 saturated heterocycles. The van der Waals surface area contributed by atoms with E-state index in [0.717, 1.165) is 34.1 Å². The van der Waals surface area contributed by atoms with E-state index < -0.39 is 12.0 Å². The van der Waals surface area contributed by atoms with Crippen LogP contribution in [0.15, 0.2) is 49.1 Å². The highest BCUT2D eigenvalue weighted by Crippen LogP contribution is 2.25. The molecule has 0 fully saturated rings. The van der Waals surface area contributed by atoms with Gasteiger partial charge in [-0.25, -0.2) is 4.98 Å². The Morgan fingerprint density at radius 1 is 1.08 bits per heavy atom. The number of carbonyl (C=O) groups is 1. The number of nitrogens with zero attached hydrogens (tertiary/aromatic N) is 7. The van der Waals surface area contributed by atoms with E-state index in [1.54, 1.807) is 6.20 Å². The molecule has 1 unspecified atom stereocenters. The number of aromatic nitrogens is 6. The summed E-state index contributed by atoms with van der Waals surface area (Å²) in [7, 11) is 1.86. The zero-order chi connectivity index (χ0) is 27.4. The minimum Gasteiger partial charge on any atom is -0.480 e. The van der Waals surface area contributed by atoms with Crippen LogP contribution in [0.2, 0.25) is 0 Å². The fourth-order valence-electron chi connectivity index (χ4n) is 4.59. The van der Waals surface area contributed by atoms with Crippen molar-refractivity contribution in [2.45, 2.75) is 59.5 Å². The van der Waals surface area contributed by atoms with Crippen molar-refractivity contribution >= 4 is 28.6 Å². The zero-order valence-electron chi connectivity index (χ0n) is 22.9. The van der Waals surface area contributed by atoms with Crippen LogP contribution in [0.1, 0.15) is 52.5 Å². The lowest BCUT2D eigenvalue weighted by Crippen LogP contribution is -2.47. The van der Waals surface area contributed by atoms with E-state index in [2.05, 4.69) is 39.4 Å². The lowest BCUT2D eigenvalue weighted by molar-refractivity contribution is -0.146. The summed E-state index contributed by atoms with van der Waals surface area (Å²) >= 11 is 0. The molecule has 0 amide bonds. The molecule has 10 heteroatoms. The highest BCUT2D eigenvalue weighted by atomic mass is 16.4. The van der Waals surface area contributed by atoms with Gasteiger partial charge in [0.05, 0.1) is 23.4 Å². The van der Waals surface area contributed by atoms with E-state index in [9.17, 15) is 9.90 Å². The SMILES string of the molecule is CC(C)c1cnnc(Nc2ccc3ncc(-c4cnn(CCCN(C)C(C(=O)O)C(C)(C)C)c4)cc3n2)c1. The van der Waals surface area contributed by atoms with Gasteiger partial charge in [0.1, 0.15) is 11.9 Å². The first-order valence-corrected chi connectivity index (χ1v) is 12.8. The Hall–Kier alpha value is -3.92. The summed E-state index contributed by atoms with van der Waals surface area (Å²) < 4.78 is 1.88. The minimum atomic E-state index is -0.797. The summed E-state index contributed by atoms with van der Waals surface area (Å²) in [6, 6.07) is 7.24. The van der Waals surface area contributed by atoms with Crippen LogP contribution in [0.4, 0.5) is 11.6 Å². The van der Waals surface area contributed by atoms with Crippen LogP contribution < -0.4 is 5.32 Å². The first kappa shape index (κ1) is 27.1. The predicted molar refractivity (Wildman–Crippen MR) is 148 cm³/mol. The van der Waals surface area contributed by atoms with E-state index in [0.29, 0.717) is 30.6 Å². The van der Waals surface area contributed by atoms with Crippen molar-refractivity contribution in [3.63, 3.8) is 0 Å². The van der Waals surface area contributed by atoms with Gasteiger partial charge in [-0.05, 0) is 54.6 Å². The Bertz CT molecular complexity index is 1410. The standard InChI is InChI=1S/C28H36N8O2/c1-18(2)19-13-25(34-30-15-19)33-24-9-8-22-23(32-24)12-20(14-29-22)21-16-31-36(17-21)11-7-10-35(6)26(27(37)38)28(3,4)5/h8-9,12-18,26H,7,10-11H2,1-6H3,(H,37,38)(H,32,33,34). The van der Waals surface area contributed by atoms with Crippen molar-refractivity contribution in [3.8, 4) is 11.1 Å². The highest BCUT2D eigenvalue weighted by molar-refractivity contribution is 5.81. The number of aryl methyl sites for hydroxylation is 1. The van der Waals surface area contributed by atoms with Gasteiger partial charge in [-0.2, -0.15) is 10.2 Å². The van der Waals surface area contributed by atoms with Gasteiger partial charge in [0.15, 0.2) is 5.82 Å². The topological polar surface area (TPSA) is 122 Å². The molecule has 1 atom stereocenters. The molecular formula is C28H36N8O2. The molecule has 4 heterocycles. The van der Waals surface area contributed by atoms with Gasteiger partial charge in [0.25, 0.3) is 0 Å². The summed E-state index contributed by atoms with van der Waals surface area (Å²) in [4.78, 5) is 23.0. The molecule has 0 saturated carbocycles. The Labute approximate surface area is 223 Å². The summed E-state index contributed by atoms with van der Waals surface area (Å²) in [5, 5.41) is 25.6. The summed E-state index contributed by atoms with van der Waals surface area (Å²) in [5.74, 6) is 0.876. The second-order valence-electron chi connectivity index (χ2n) is 11.0. The second-order valence-corrected chi connectivity index (χ2v) is 11.0. The van der Waals surface area contributed by atoms with E-state index >= 15 is 0 Å². The summed E-state index contributed by atoms with van der Waals surface area (Å²) in [6.07, 6.45) is 8.18. The first-order valence-electron chi connectivity index (χ1n) is 12.8. The van der Waals surface area contributed by atoms with Crippen molar-refractivity contribution in [1.29, 1.82) is 0 Å². The maximum absolute atomic E-state index is 11.7. The molecule has 0 aliphatic rings. The summed E-state index contributed by atoms with van der Waals surface area (Å²) in [5.41, 5.74) is 4.18. The Kier molecular flexibility index (Phi) is 8.01. The number of pyridine rings is 2. The molecule has 200 valence electrons. The van der Waals surface area contributed by atoms with Crippen molar-refractivity contribution < 1.29 is 9.90 Å². The van der Waals surface area contributed by atoms with Crippen LogP contribution >= 0.6 is 0 Å². The molecule has 0 radical (unpaired) electrons. The second kappa shape index (κ2) is 11.2. The van der Waals surface area contributed by atoms with Gasteiger partial charge in [0.2, 0.25) is 0 Å². The predicted octanol–water partition coefficient (Wildman–Crippen LogP) is 4.97. The number of aliphatic carboxylic acids is 1. The zero-order valence-corrected chi connectivity index (χ0v) is 22.9. The van der Waals surface area contributed by atoms with Gasteiger partial charge in [-0.1, -0.05) is 34.6 Å². The number of carboxylic acids is 1. The molecule has 4 rings (SSSR count). The number of likely N-dealkylation sites (N-methyl/N-ethyl adjacent to an activating group) is 1. The number of anilines is 2. The van der Waals surface area contributed by atoms with Crippen LogP contribution in [-0.4, -0.2) is 65.6 Å². The van der Waals surface area contributed by atoms with Gasteiger partial charge in [0, 0.05) is 36.6 Å². The smallest absolute Gasteiger partial charge is 0.321 e. The quantitative estimate of drug-likeness (QED) is 0.301. The molecule has 0 bridgehead atoms. The number of hydrogen-bond acceptors (Lipinski definition) is 8. The largest absolute Gasteiger partial charge is 0.480 e. The molecule has 0 aromatic carbocycles. The van der Waals surface area contributed by atoms with Crippen molar-refractivity contribution in [1.82, 2.24) is 34.8 Å². The number of hydrogen-bond donors (Lipinski definition) is 2. The average molecular weight is 517 g/mol.